The standard InChI is InChI=1S/C15H15N3O2S/c1-9-4-5-12(10(2)6-9)20-8-13-17-18-14(19)7-11(3)16-15(18)21-13/h4-7H,8H2,1-3H3. The van der Waals surface area contributed by atoms with E-state index in [1.165, 1.54) is 27.5 Å². The lowest BCUT2D eigenvalue weighted by atomic mass is 10.1. The molecule has 5 nitrogen and oxygen atoms in total. The molecule has 0 saturated carbocycles. The first kappa shape index (κ1) is 13.8. The van der Waals surface area contributed by atoms with Gasteiger partial charge in [-0.15, -0.1) is 0 Å². The molecule has 0 radical (unpaired) electrons. The fraction of sp³-hybridized carbons (Fsp3) is 0.267. The second kappa shape index (κ2) is 5.29. The number of rotatable bonds is 3. The molecule has 3 rings (SSSR count). The highest BCUT2D eigenvalue weighted by atomic mass is 32.1. The Kier molecular flexibility index (Phi) is 3.47. The summed E-state index contributed by atoms with van der Waals surface area (Å²) in [6.07, 6.45) is 0. The van der Waals surface area contributed by atoms with E-state index in [-0.39, 0.29) is 5.56 Å². The van der Waals surface area contributed by atoms with Crippen molar-refractivity contribution in [3.8, 4) is 5.75 Å². The minimum absolute atomic E-state index is 0.161. The van der Waals surface area contributed by atoms with Crippen molar-refractivity contribution in [2.75, 3.05) is 0 Å². The Morgan fingerprint density at radius 1 is 1.24 bits per heavy atom. The van der Waals surface area contributed by atoms with Gasteiger partial charge in [0.2, 0.25) is 4.96 Å². The van der Waals surface area contributed by atoms with Crippen LogP contribution in [0.25, 0.3) is 4.96 Å². The number of benzene rings is 1. The van der Waals surface area contributed by atoms with Gasteiger partial charge in [-0.1, -0.05) is 29.0 Å². The minimum atomic E-state index is -0.161. The van der Waals surface area contributed by atoms with Crippen LogP contribution in [0.15, 0.2) is 29.1 Å². The zero-order chi connectivity index (χ0) is 15.0. The predicted molar refractivity (Wildman–Crippen MR) is 82.1 cm³/mol. The highest BCUT2D eigenvalue weighted by Crippen LogP contribution is 2.21. The number of fused-ring (bicyclic) bond motifs is 1. The van der Waals surface area contributed by atoms with E-state index in [2.05, 4.69) is 16.1 Å². The first-order valence-electron chi connectivity index (χ1n) is 6.59. The van der Waals surface area contributed by atoms with Crippen LogP contribution in [0.4, 0.5) is 0 Å². The van der Waals surface area contributed by atoms with E-state index in [4.69, 9.17) is 4.74 Å². The lowest BCUT2D eigenvalue weighted by molar-refractivity contribution is 0.302. The van der Waals surface area contributed by atoms with Crippen molar-refractivity contribution in [3.05, 3.63) is 56.4 Å². The number of hydrogen-bond acceptors (Lipinski definition) is 5. The normalized spacial score (nSPS) is 11.0. The molecular formula is C15H15N3O2S. The Hall–Kier alpha value is -2.21. The summed E-state index contributed by atoms with van der Waals surface area (Å²) in [5.74, 6) is 0.830. The summed E-state index contributed by atoms with van der Waals surface area (Å²) in [6, 6.07) is 7.51. The van der Waals surface area contributed by atoms with Crippen LogP contribution in [0.5, 0.6) is 5.75 Å². The van der Waals surface area contributed by atoms with Crippen LogP contribution < -0.4 is 10.3 Å². The lowest BCUT2D eigenvalue weighted by Crippen LogP contribution is -2.14. The maximum Gasteiger partial charge on any atom is 0.275 e. The monoisotopic (exact) mass is 301 g/mol. The van der Waals surface area contributed by atoms with Crippen molar-refractivity contribution < 1.29 is 4.74 Å². The van der Waals surface area contributed by atoms with Crippen LogP contribution in [0.3, 0.4) is 0 Å². The second-order valence-electron chi connectivity index (χ2n) is 4.98. The first-order chi connectivity index (χ1) is 10.0. The lowest BCUT2D eigenvalue weighted by Gasteiger charge is -2.07. The van der Waals surface area contributed by atoms with Crippen LogP contribution in [-0.2, 0) is 6.61 Å². The van der Waals surface area contributed by atoms with Gasteiger partial charge in [-0.3, -0.25) is 4.79 Å². The summed E-state index contributed by atoms with van der Waals surface area (Å²) in [5.41, 5.74) is 2.82. The Morgan fingerprint density at radius 3 is 2.81 bits per heavy atom. The predicted octanol–water partition coefficient (Wildman–Crippen LogP) is 2.66. The Bertz CT molecular complexity index is 867. The smallest absolute Gasteiger partial charge is 0.275 e. The molecular weight excluding hydrogens is 286 g/mol. The number of nitrogens with zero attached hydrogens (tertiary/aromatic N) is 3. The second-order valence-corrected chi connectivity index (χ2v) is 6.02. The van der Waals surface area contributed by atoms with Crippen molar-refractivity contribution in [2.24, 2.45) is 0 Å². The fourth-order valence-corrected chi connectivity index (χ4v) is 2.98. The van der Waals surface area contributed by atoms with Crippen LogP contribution in [0.1, 0.15) is 21.8 Å². The van der Waals surface area contributed by atoms with Crippen molar-refractivity contribution in [2.45, 2.75) is 27.4 Å². The van der Waals surface area contributed by atoms with Gasteiger partial charge in [0.25, 0.3) is 5.56 Å². The van der Waals surface area contributed by atoms with E-state index in [9.17, 15) is 4.79 Å². The van der Waals surface area contributed by atoms with Gasteiger partial charge in [0.15, 0.2) is 5.01 Å². The number of ether oxygens (including phenoxy) is 1. The number of aromatic nitrogens is 3. The van der Waals surface area contributed by atoms with Crippen LogP contribution in [-0.4, -0.2) is 14.6 Å². The van der Waals surface area contributed by atoms with Gasteiger partial charge in [-0.25, -0.2) is 4.98 Å². The third-order valence-corrected chi connectivity index (χ3v) is 3.98. The van der Waals surface area contributed by atoms with Gasteiger partial charge in [-0.05, 0) is 32.4 Å². The van der Waals surface area contributed by atoms with E-state index in [1.54, 1.807) is 6.92 Å². The van der Waals surface area contributed by atoms with E-state index >= 15 is 0 Å². The van der Waals surface area contributed by atoms with Gasteiger partial charge < -0.3 is 4.74 Å². The molecule has 0 aliphatic carbocycles. The molecule has 0 aliphatic heterocycles. The maximum atomic E-state index is 11.8. The molecule has 0 bridgehead atoms. The van der Waals surface area contributed by atoms with E-state index in [0.29, 0.717) is 17.3 Å². The average molecular weight is 301 g/mol. The third-order valence-electron chi connectivity index (χ3n) is 3.10. The molecule has 2 heterocycles. The minimum Gasteiger partial charge on any atom is -0.486 e. The van der Waals surface area contributed by atoms with Crippen molar-refractivity contribution >= 4 is 16.3 Å². The summed E-state index contributed by atoms with van der Waals surface area (Å²) >= 11 is 1.37. The van der Waals surface area contributed by atoms with Crippen LogP contribution >= 0.6 is 11.3 Å². The Labute approximate surface area is 125 Å². The van der Waals surface area contributed by atoms with Gasteiger partial charge in [-0.2, -0.15) is 9.61 Å². The molecule has 2 aromatic heterocycles. The Balaban J connectivity index is 1.85. The third kappa shape index (κ3) is 2.80. The van der Waals surface area contributed by atoms with Crippen molar-refractivity contribution in [3.63, 3.8) is 0 Å². The number of aryl methyl sites for hydroxylation is 3. The van der Waals surface area contributed by atoms with E-state index in [1.807, 2.05) is 26.0 Å². The topological polar surface area (TPSA) is 56.5 Å². The van der Waals surface area contributed by atoms with Gasteiger partial charge in [0, 0.05) is 11.8 Å². The van der Waals surface area contributed by atoms with Crippen molar-refractivity contribution in [1.82, 2.24) is 14.6 Å². The molecule has 0 aliphatic rings. The molecule has 0 saturated heterocycles. The Morgan fingerprint density at radius 2 is 2.05 bits per heavy atom. The molecule has 0 amide bonds. The highest BCUT2D eigenvalue weighted by molar-refractivity contribution is 7.16. The maximum absolute atomic E-state index is 11.8. The molecule has 108 valence electrons. The van der Waals surface area contributed by atoms with E-state index < -0.39 is 0 Å². The number of hydrogen-bond donors (Lipinski definition) is 0. The first-order valence-corrected chi connectivity index (χ1v) is 7.41. The zero-order valence-corrected chi connectivity index (χ0v) is 12.9. The average Bonchev–Trinajstić information content (AvgIpc) is 2.81. The summed E-state index contributed by atoms with van der Waals surface area (Å²) in [6.45, 7) is 6.18. The summed E-state index contributed by atoms with van der Waals surface area (Å²) in [5, 5.41) is 4.98. The molecule has 3 aromatic rings. The summed E-state index contributed by atoms with van der Waals surface area (Å²) in [7, 11) is 0. The van der Waals surface area contributed by atoms with E-state index in [0.717, 1.165) is 16.3 Å². The summed E-state index contributed by atoms with van der Waals surface area (Å²) in [4.78, 5) is 16.7. The molecule has 0 N–H and O–H groups in total. The highest BCUT2D eigenvalue weighted by Gasteiger charge is 2.09. The quantitative estimate of drug-likeness (QED) is 0.746. The molecule has 0 spiro atoms. The molecule has 21 heavy (non-hydrogen) atoms. The molecule has 0 fully saturated rings. The fourth-order valence-electron chi connectivity index (χ4n) is 2.12. The largest absolute Gasteiger partial charge is 0.486 e. The SMILES string of the molecule is Cc1ccc(OCc2nn3c(=O)cc(C)nc3s2)c(C)c1. The van der Waals surface area contributed by atoms with Gasteiger partial charge >= 0.3 is 0 Å². The zero-order valence-electron chi connectivity index (χ0n) is 12.1. The van der Waals surface area contributed by atoms with Crippen LogP contribution in [0, 0.1) is 20.8 Å². The summed E-state index contributed by atoms with van der Waals surface area (Å²) < 4.78 is 7.10. The molecule has 6 heteroatoms. The van der Waals surface area contributed by atoms with Crippen molar-refractivity contribution in [1.29, 1.82) is 0 Å². The molecule has 1 aromatic carbocycles. The molecule has 0 atom stereocenters. The van der Waals surface area contributed by atoms with Crippen LogP contribution in [0.2, 0.25) is 0 Å². The van der Waals surface area contributed by atoms with Gasteiger partial charge in [0.1, 0.15) is 12.4 Å². The molecule has 0 unspecified atom stereocenters. The van der Waals surface area contributed by atoms with Gasteiger partial charge in [0.05, 0.1) is 0 Å².